The minimum absolute atomic E-state index is 0.0372. The van der Waals surface area contributed by atoms with Crippen molar-refractivity contribution in [1.29, 1.82) is 0 Å². The van der Waals surface area contributed by atoms with Gasteiger partial charge in [0.2, 0.25) is 0 Å². The molecule has 1 aromatic carbocycles. The topological polar surface area (TPSA) is 59.2 Å². The van der Waals surface area contributed by atoms with Crippen LogP contribution in [0.1, 0.15) is 32.9 Å². The third kappa shape index (κ3) is 3.22. The van der Waals surface area contributed by atoms with Crippen LogP contribution in [0.4, 0.5) is 0 Å². The van der Waals surface area contributed by atoms with Gasteiger partial charge in [-0.25, -0.2) is 0 Å². The number of carbonyl (C=O) groups excluding carboxylic acids is 1. The Balaban J connectivity index is 1.29. The molecule has 0 N–H and O–H groups in total. The van der Waals surface area contributed by atoms with Gasteiger partial charge in [0.15, 0.2) is 5.69 Å². The van der Waals surface area contributed by atoms with Gasteiger partial charge in [-0.05, 0) is 23.6 Å². The van der Waals surface area contributed by atoms with Crippen molar-refractivity contribution in [2.45, 2.75) is 32.6 Å². The number of aryl methyl sites for hydroxylation is 1. The number of amides is 1. The summed E-state index contributed by atoms with van der Waals surface area (Å²) in [5.74, 6) is 0.0372. The molecule has 144 valence electrons. The van der Waals surface area contributed by atoms with Crippen LogP contribution in [0.25, 0.3) is 0 Å². The van der Waals surface area contributed by atoms with E-state index in [2.05, 4.69) is 39.5 Å². The van der Waals surface area contributed by atoms with Gasteiger partial charge in [-0.15, -0.1) is 0 Å². The lowest BCUT2D eigenvalue weighted by Crippen LogP contribution is -2.36. The van der Waals surface area contributed by atoms with Crippen LogP contribution in [0.2, 0.25) is 0 Å². The van der Waals surface area contributed by atoms with Gasteiger partial charge < -0.3 is 4.90 Å². The monoisotopic (exact) mass is 376 g/mol. The molecule has 0 fully saturated rings. The summed E-state index contributed by atoms with van der Waals surface area (Å²) in [6, 6.07) is 10.3. The third-order valence-electron chi connectivity index (χ3n) is 5.68. The Hall–Kier alpha value is -2.93. The molecule has 2 aliphatic rings. The molecule has 0 spiro atoms. The number of carbonyl (C=O) groups is 1. The Morgan fingerprint density at radius 3 is 2.79 bits per heavy atom. The number of hydrogen-bond acceptors (Lipinski definition) is 4. The summed E-state index contributed by atoms with van der Waals surface area (Å²) < 4.78 is 3.82. The molecule has 0 unspecified atom stereocenters. The van der Waals surface area contributed by atoms with E-state index in [1.165, 1.54) is 16.7 Å². The maximum atomic E-state index is 13.0. The van der Waals surface area contributed by atoms with E-state index in [9.17, 15) is 4.79 Å². The number of nitrogens with zero attached hydrogens (tertiary/aromatic N) is 6. The summed E-state index contributed by atoms with van der Waals surface area (Å²) in [6.07, 6.45) is 4.87. The summed E-state index contributed by atoms with van der Waals surface area (Å²) >= 11 is 0. The number of rotatable bonds is 3. The lowest BCUT2D eigenvalue weighted by Gasteiger charge is -2.28. The Kier molecular flexibility index (Phi) is 4.24. The lowest BCUT2D eigenvalue weighted by molar-refractivity contribution is 0.0727. The van der Waals surface area contributed by atoms with Gasteiger partial charge in [-0.1, -0.05) is 24.3 Å². The molecule has 4 heterocycles. The molecule has 5 rings (SSSR count). The van der Waals surface area contributed by atoms with Crippen molar-refractivity contribution >= 4 is 5.91 Å². The highest BCUT2D eigenvalue weighted by Gasteiger charge is 2.26. The van der Waals surface area contributed by atoms with E-state index in [1.54, 1.807) is 0 Å². The molecule has 0 saturated carbocycles. The van der Waals surface area contributed by atoms with E-state index in [1.807, 2.05) is 39.6 Å². The Morgan fingerprint density at radius 1 is 1.11 bits per heavy atom. The Bertz CT molecular complexity index is 1020. The van der Waals surface area contributed by atoms with Gasteiger partial charge in [0, 0.05) is 51.5 Å². The first-order valence-electron chi connectivity index (χ1n) is 9.78. The number of fused-ring (bicyclic) bond motifs is 2. The number of benzene rings is 1. The molecule has 1 amide bonds. The summed E-state index contributed by atoms with van der Waals surface area (Å²) in [5.41, 5.74) is 5.47. The van der Waals surface area contributed by atoms with Crippen molar-refractivity contribution in [3.63, 3.8) is 0 Å². The number of aromatic nitrogens is 4. The average Bonchev–Trinajstić information content (AvgIpc) is 3.32. The summed E-state index contributed by atoms with van der Waals surface area (Å²) in [4.78, 5) is 17.3. The van der Waals surface area contributed by atoms with Gasteiger partial charge in [-0.2, -0.15) is 10.2 Å². The van der Waals surface area contributed by atoms with E-state index < -0.39 is 0 Å². The fourth-order valence-corrected chi connectivity index (χ4v) is 4.20. The average molecular weight is 376 g/mol. The maximum absolute atomic E-state index is 13.0. The molecule has 2 aliphatic heterocycles. The van der Waals surface area contributed by atoms with Crippen molar-refractivity contribution in [3.05, 3.63) is 70.8 Å². The molecule has 7 nitrogen and oxygen atoms in total. The summed E-state index contributed by atoms with van der Waals surface area (Å²) in [6.45, 7) is 4.83. The fraction of sp³-hybridized carbons (Fsp3) is 0.381. The first-order chi connectivity index (χ1) is 13.7. The van der Waals surface area contributed by atoms with E-state index >= 15 is 0 Å². The predicted octanol–water partition coefficient (Wildman–Crippen LogP) is 1.83. The lowest BCUT2D eigenvalue weighted by atomic mass is 10.00. The second-order valence-electron chi connectivity index (χ2n) is 7.72. The van der Waals surface area contributed by atoms with Crippen LogP contribution in [0.5, 0.6) is 0 Å². The van der Waals surface area contributed by atoms with Crippen LogP contribution in [0, 0.1) is 0 Å². The molecule has 0 radical (unpaired) electrons. The van der Waals surface area contributed by atoms with E-state index in [4.69, 9.17) is 0 Å². The van der Waals surface area contributed by atoms with E-state index in [0.717, 1.165) is 44.8 Å². The number of hydrogen-bond donors (Lipinski definition) is 0. The zero-order valence-electron chi connectivity index (χ0n) is 16.1. The van der Waals surface area contributed by atoms with Gasteiger partial charge >= 0.3 is 0 Å². The third-order valence-corrected chi connectivity index (χ3v) is 5.68. The highest BCUT2D eigenvalue weighted by molar-refractivity contribution is 5.92. The van der Waals surface area contributed by atoms with Crippen molar-refractivity contribution in [1.82, 2.24) is 29.4 Å². The molecule has 7 heteroatoms. The van der Waals surface area contributed by atoms with Gasteiger partial charge in [-0.3, -0.25) is 19.1 Å². The second kappa shape index (κ2) is 6.91. The van der Waals surface area contributed by atoms with E-state index in [-0.39, 0.29) is 5.91 Å². The fourth-order valence-electron chi connectivity index (χ4n) is 4.20. The van der Waals surface area contributed by atoms with Crippen molar-refractivity contribution in [3.8, 4) is 0 Å². The van der Waals surface area contributed by atoms with Gasteiger partial charge in [0.25, 0.3) is 5.91 Å². The van der Waals surface area contributed by atoms with Crippen molar-refractivity contribution < 1.29 is 4.79 Å². The normalized spacial score (nSPS) is 16.7. The maximum Gasteiger partial charge on any atom is 0.274 e. The molecule has 0 atom stereocenters. The van der Waals surface area contributed by atoms with Crippen molar-refractivity contribution in [2.75, 3.05) is 13.1 Å². The Morgan fingerprint density at radius 2 is 1.96 bits per heavy atom. The second-order valence-corrected chi connectivity index (χ2v) is 7.72. The molecule has 28 heavy (non-hydrogen) atoms. The molecular formula is C21H24N6O. The SMILES string of the molecule is Cn1cc(CN2CCn3nc(C(=O)N4CCc5ccccc5C4)cc3C2)cn1. The Labute approximate surface area is 164 Å². The zero-order chi connectivity index (χ0) is 19.1. The highest BCUT2D eigenvalue weighted by atomic mass is 16.2. The standard InChI is InChI=1S/C21H24N6O/c1-24-12-16(11-22-24)13-25-8-9-27-19(15-25)10-20(23-27)21(28)26-7-6-17-4-2-3-5-18(17)14-26/h2-5,10-12H,6-9,13-15H2,1H3. The molecule has 0 bridgehead atoms. The van der Waals surface area contributed by atoms with Gasteiger partial charge in [0.1, 0.15) is 0 Å². The van der Waals surface area contributed by atoms with Crippen LogP contribution >= 0.6 is 0 Å². The zero-order valence-corrected chi connectivity index (χ0v) is 16.1. The van der Waals surface area contributed by atoms with E-state index in [0.29, 0.717) is 12.2 Å². The van der Waals surface area contributed by atoms with Crippen LogP contribution in [0.3, 0.4) is 0 Å². The smallest absolute Gasteiger partial charge is 0.274 e. The highest BCUT2D eigenvalue weighted by Crippen LogP contribution is 2.22. The summed E-state index contributed by atoms with van der Waals surface area (Å²) in [5, 5.41) is 8.85. The molecule has 3 aromatic rings. The van der Waals surface area contributed by atoms with Crippen LogP contribution in [0.15, 0.2) is 42.7 Å². The van der Waals surface area contributed by atoms with Crippen LogP contribution in [-0.4, -0.2) is 48.4 Å². The first kappa shape index (κ1) is 17.2. The van der Waals surface area contributed by atoms with Crippen molar-refractivity contribution in [2.24, 2.45) is 7.05 Å². The van der Waals surface area contributed by atoms with Crippen LogP contribution < -0.4 is 0 Å². The van der Waals surface area contributed by atoms with Crippen LogP contribution in [-0.2, 0) is 39.6 Å². The first-order valence-corrected chi connectivity index (χ1v) is 9.78. The molecule has 0 aliphatic carbocycles. The quantitative estimate of drug-likeness (QED) is 0.700. The molecular weight excluding hydrogens is 352 g/mol. The minimum atomic E-state index is 0.0372. The minimum Gasteiger partial charge on any atom is -0.333 e. The largest absolute Gasteiger partial charge is 0.333 e. The van der Waals surface area contributed by atoms with Gasteiger partial charge in [0.05, 0.1) is 18.4 Å². The molecule has 2 aromatic heterocycles. The molecule has 0 saturated heterocycles. The summed E-state index contributed by atoms with van der Waals surface area (Å²) in [7, 11) is 1.94. The predicted molar refractivity (Wildman–Crippen MR) is 104 cm³/mol.